The number of carbonyl (C=O) groups is 2. The number of benzene rings is 3. The summed E-state index contributed by atoms with van der Waals surface area (Å²) in [5.74, 6) is -1.07. The van der Waals surface area contributed by atoms with E-state index in [0.717, 1.165) is 39.5 Å². The number of aromatic nitrogens is 2. The second kappa shape index (κ2) is 10.5. The van der Waals surface area contributed by atoms with Crippen molar-refractivity contribution in [2.24, 2.45) is 0 Å². The van der Waals surface area contributed by atoms with E-state index in [-0.39, 0.29) is 17.4 Å². The Morgan fingerprint density at radius 3 is 2.59 bits per heavy atom. The van der Waals surface area contributed by atoms with E-state index < -0.39 is 5.91 Å². The molecular formula is C30H27FN4O2. The highest BCUT2D eigenvalue weighted by molar-refractivity contribution is 6.06. The van der Waals surface area contributed by atoms with Crippen LogP contribution in [0.4, 0.5) is 4.39 Å². The van der Waals surface area contributed by atoms with Gasteiger partial charge < -0.3 is 20.2 Å². The van der Waals surface area contributed by atoms with Gasteiger partial charge in [0, 0.05) is 58.4 Å². The van der Waals surface area contributed by atoms with Crippen LogP contribution >= 0.6 is 0 Å². The lowest BCUT2D eigenvalue weighted by Crippen LogP contribution is -2.35. The normalized spacial score (nSPS) is 11.7. The zero-order valence-corrected chi connectivity index (χ0v) is 20.4. The van der Waals surface area contributed by atoms with Gasteiger partial charge in [0.2, 0.25) is 0 Å². The van der Waals surface area contributed by atoms with Crippen molar-refractivity contribution in [2.75, 3.05) is 6.54 Å². The number of rotatable bonds is 8. The van der Waals surface area contributed by atoms with E-state index in [2.05, 4.69) is 27.1 Å². The Bertz CT molecular complexity index is 1610. The van der Waals surface area contributed by atoms with Crippen LogP contribution in [0.1, 0.15) is 28.4 Å². The Hall–Kier alpha value is -4.65. The first-order chi connectivity index (χ1) is 18.0. The Morgan fingerprint density at radius 1 is 1.00 bits per heavy atom. The van der Waals surface area contributed by atoms with Crippen molar-refractivity contribution in [3.8, 4) is 0 Å². The summed E-state index contributed by atoms with van der Waals surface area (Å²) in [6.45, 7) is 3.15. The van der Waals surface area contributed by atoms with Gasteiger partial charge >= 0.3 is 0 Å². The molecule has 0 fully saturated rings. The molecule has 3 aromatic carbocycles. The number of aromatic amines is 1. The Balaban J connectivity index is 1.40. The quantitative estimate of drug-likeness (QED) is 0.252. The maximum absolute atomic E-state index is 13.7. The predicted molar refractivity (Wildman–Crippen MR) is 144 cm³/mol. The summed E-state index contributed by atoms with van der Waals surface area (Å²) < 4.78 is 15.8. The van der Waals surface area contributed by atoms with Crippen molar-refractivity contribution >= 4 is 39.7 Å². The zero-order valence-electron chi connectivity index (χ0n) is 20.4. The van der Waals surface area contributed by atoms with Crippen molar-refractivity contribution < 1.29 is 14.0 Å². The van der Waals surface area contributed by atoms with Crippen LogP contribution in [-0.4, -0.2) is 27.9 Å². The number of para-hydroxylation sites is 1. The molecule has 0 spiro atoms. The predicted octanol–water partition coefficient (Wildman–Crippen LogP) is 5.41. The lowest BCUT2D eigenvalue weighted by molar-refractivity contribution is -0.117. The van der Waals surface area contributed by atoms with Crippen molar-refractivity contribution in [2.45, 2.75) is 19.9 Å². The number of carbonyl (C=O) groups excluding carboxylic acids is 2. The molecule has 186 valence electrons. The number of nitrogens with zero attached hydrogens (tertiary/aromatic N) is 1. The smallest absolute Gasteiger partial charge is 0.267 e. The van der Waals surface area contributed by atoms with Gasteiger partial charge in [-0.3, -0.25) is 9.59 Å². The highest BCUT2D eigenvalue weighted by Gasteiger charge is 2.16. The van der Waals surface area contributed by atoms with Crippen LogP contribution in [-0.2, 0) is 17.8 Å². The average molecular weight is 495 g/mol. The maximum Gasteiger partial charge on any atom is 0.267 e. The van der Waals surface area contributed by atoms with E-state index in [9.17, 15) is 14.0 Å². The third kappa shape index (κ3) is 5.16. The lowest BCUT2D eigenvalue weighted by atomic mass is 10.1. The van der Waals surface area contributed by atoms with Crippen molar-refractivity contribution in [1.29, 1.82) is 0 Å². The fourth-order valence-corrected chi connectivity index (χ4v) is 4.51. The first-order valence-corrected chi connectivity index (χ1v) is 12.2. The second-order valence-corrected chi connectivity index (χ2v) is 8.78. The number of aryl methyl sites for hydroxylation is 1. The van der Waals surface area contributed by atoms with Crippen LogP contribution in [0.25, 0.3) is 27.9 Å². The van der Waals surface area contributed by atoms with Crippen LogP contribution in [0.3, 0.4) is 0 Å². The van der Waals surface area contributed by atoms with Gasteiger partial charge in [0.05, 0.1) is 0 Å². The van der Waals surface area contributed by atoms with Crippen molar-refractivity contribution in [1.82, 2.24) is 20.2 Å². The van der Waals surface area contributed by atoms with Gasteiger partial charge in [-0.2, -0.15) is 0 Å². The van der Waals surface area contributed by atoms with Gasteiger partial charge in [-0.25, -0.2) is 4.39 Å². The van der Waals surface area contributed by atoms with E-state index in [1.165, 1.54) is 12.1 Å². The van der Waals surface area contributed by atoms with Crippen LogP contribution in [0.15, 0.2) is 90.9 Å². The standard InChI is InChI=1S/C30H27FN4O2/c1-2-35-19-22(24-10-6-7-11-28(24)35)16-27(34-29(36)20-8-4-3-5-9-20)30(37)32-15-14-21-18-33-26-13-12-23(31)17-25(21)26/h3-13,16-19,33H,2,14-15H2,1H3,(H,32,37)(H,34,36)/b27-16-. The molecule has 2 heterocycles. The molecule has 7 heteroatoms. The number of amides is 2. The molecule has 0 bridgehead atoms. The number of halogens is 1. The van der Waals surface area contributed by atoms with Gasteiger partial charge in [0.25, 0.3) is 11.8 Å². The zero-order chi connectivity index (χ0) is 25.8. The van der Waals surface area contributed by atoms with E-state index in [1.807, 2.05) is 42.7 Å². The summed E-state index contributed by atoms with van der Waals surface area (Å²) in [4.78, 5) is 29.4. The first kappa shape index (κ1) is 24.1. The van der Waals surface area contributed by atoms with E-state index in [4.69, 9.17) is 0 Å². The van der Waals surface area contributed by atoms with Crippen molar-refractivity contribution in [3.63, 3.8) is 0 Å². The van der Waals surface area contributed by atoms with Crippen LogP contribution in [0, 0.1) is 5.82 Å². The average Bonchev–Trinajstić information content (AvgIpc) is 3.49. The minimum Gasteiger partial charge on any atom is -0.361 e. The van der Waals surface area contributed by atoms with E-state index in [0.29, 0.717) is 18.5 Å². The van der Waals surface area contributed by atoms with Gasteiger partial charge in [-0.1, -0.05) is 36.4 Å². The summed E-state index contributed by atoms with van der Waals surface area (Å²) >= 11 is 0. The topological polar surface area (TPSA) is 78.9 Å². The molecule has 0 radical (unpaired) electrons. The highest BCUT2D eigenvalue weighted by Crippen LogP contribution is 2.24. The van der Waals surface area contributed by atoms with Gasteiger partial charge in [-0.05, 0) is 61.4 Å². The molecule has 0 saturated carbocycles. The second-order valence-electron chi connectivity index (χ2n) is 8.78. The van der Waals surface area contributed by atoms with Gasteiger partial charge in [0.15, 0.2) is 0 Å². The molecule has 0 unspecified atom stereocenters. The van der Waals surface area contributed by atoms with E-state index >= 15 is 0 Å². The van der Waals surface area contributed by atoms with Gasteiger partial charge in [0.1, 0.15) is 11.5 Å². The third-order valence-electron chi connectivity index (χ3n) is 6.40. The molecule has 0 aliphatic rings. The summed E-state index contributed by atoms with van der Waals surface area (Å²) in [7, 11) is 0. The number of nitrogens with one attached hydrogen (secondary N) is 3. The first-order valence-electron chi connectivity index (χ1n) is 12.2. The van der Waals surface area contributed by atoms with Crippen LogP contribution in [0.2, 0.25) is 0 Å². The Kier molecular flexibility index (Phi) is 6.85. The number of hydrogen-bond acceptors (Lipinski definition) is 2. The molecule has 2 aromatic heterocycles. The summed E-state index contributed by atoms with van der Waals surface area (Å²) in [6, 6.07) is 21.3. The molecule has 0 aliphatic carbocycles. The monoisotopic (exact) mass is 494 g/mol. The minimum absolute atomic E-state index is 0.151. The minimum atomic E-state index is -0.399. The summed E-state index contributed by atoms with van der Waals surface area (Å²) in [6.07, 6.45) is 6.02. The molecule has 0 aliphatic heterocycles. The van der Waals surface area contributed by atoms with Gasteiger partial charge in [-0.15, -0.1) is 0 Å². The molecular weight excluding hydrogens is 467 g/mol. The lowest BCUT2D eigenvalue weighted by Gasteiger charge is -2.11. The fourth-order valence-electron chi connectivity index (χ4n) is 4.51. The SMILES string of the molecule is CCn1cc(/C=C(\NC(=O)c2ccccc2)C(=O)NCCc2c[nH]c3ccc(F)cc23)c2ccccc21. The maximum atomic E-state index is 13.7. The Morgan fingerprint density at radius 2 is 1.78 bits per heavy atom. The van der Waals surface area contributed by atoms with Crippen molar-refractivity contribution in [3.05, 3.63) is 113 Å². The van der Waals surface area contributed by atoms with Crippen LogP contribution in [0.5, 0.6) is 0 Å². The molecule has 3 N–H and O–H groups in total. The van der Waals surface area contributed by atoms with Crippen LogP contribution < -0.4 is 10.6 Å². The number of H-pyrrole nitrogens is 1. The molecule has 0 saturated heterocycles. The van der Waals surface area contributed by atoms with E-state index in [1.54, 1.807) is 36.4 Å². The fraction of sp³-hybridized carbons (Fsp3) is 0.133. The Labute approximate surface area is 213 Å². The highest BCUT2D eigenvalue weighted by atomic mass is 19.1. The number of fused-ring (bicyclic) bond motifs is 2. The third-order valence-corrected chi connectivity index (χ3v) is 6.40. The molecule has 5 aromatic rings. The molecule has 37 heavy (non-hydrogen) atoms. The largest absolute Gasteiger partial charge is 0.361 e. The molecule has 5 rings (SSSR count). The number of hydrogen-bond donors (Lipinski definition) is 3. The summed E-state index contributed by atoms with van der Waals surface area (Å²) in [5, 5.41) is 7.49. The molecule has 2 amide bonds. The molecule has 0 atom stereocenters. The molecule has 6 nitrogen and oxygen atoms in total. The summed E-state index contributed by atoms with van der Waals surface area (Å²) in [5.41, 5.74) is 4.24.